The molecule has 1 aromatic rings. The number of benzene rings is 1. The largest absolute Gasteiger partial charge is 0.391 e. The zero-order valence-electron chi connectivity index (χ0n) is 7.73. The molecule has 1 unspecified atom stereocenters. The van der Waals surface area contributed by atoms with E-state index in [4.69, 9.17) is 5.73 Å². The minimum atomic E-state index is -0.398. The van der Waals surface area contributed by atoms with Crippen molar-refractivity contribution in [3.8, 4) is 0 Å². The monoisotopic (exact) mass is 197 g/mol. The molecule has 0 radical (unpaired) electrons. The number of hydrogen-bond donors (Lipinski definition) is 2. The van der Waals surface area contributed by atoms with Gasteiger partial charge >= 0.3 is 0 Å². The lowest BCUT2D eigenvalue weighted by atomic mass is 10.2. The van der Waals surface area contributed by atoms with Gasteiger partial charge in [0.2, 0.25) is 0 Å². The van der Waals surface area contributed by atoms with Gasteiger partial charge in [-0.1, -0.05) is 17.7 Å². The summed E-state index contributed by atoms with van der Waals surface area (Å²) in [6.07, 6.45) is -0.398. The molecule has 0 saturated heterocycles. The molecule has 13 heavy (non-hydrogen) atoms. The van der Waals surface area contributed by atoms with E-state index in [9.17, 15) is 5.11 Å². The van der Waals surface area contributed by atoms with E-state index in [2.05, 4.69) is 19.1 Å². The Bertz CT molecular complexity index is 265. The van der Waals surface area contributed by atoms with E-state index in [1.54, 1.807) is 11.8 Å². The van der Waals surface area contributed by atoms with Gasteiger partial charge in [-0.2, -0.15) is 0 Å². The maximum Gasteiger partial charge on any atom is 0.0756 e. The standard InChI is InChI=1S/C10H15NOS/c1-8-3-2-4-10(5-8)13-7-9(12)6-11/h2-5,9,12H,6-7,11H2,1H3. The zero-order chi connectivity index (χ0) is 9.68. The smallest absolute Gasteiger partial charge is 0.0756 e. The van der Waals surface area contributed by atoms with Crippen molar-refractivity contribution in [1.29, 1.82) is 0 Å². The summed E-state index contributed by atoms with van der Waals surface area (Å²) < 4.78 is 0. The van der Waals surface area contributed by atoms with Gasteiger partial charge in [0.25, 0.3) is 0 Å². The summed E-state index contributed by atoms with van der Waals surface area (Å²) in [4.78, 5) is 1.19. The number of nitrogens with two attached hydrogens (primary N) is 1. The van der Waals surface area contributed by atoms with Crippen molar-refractivity contribution in [1.82, 2.24) is 0 Å². The van der Waals surface area contributed by atoms with Gasteiger partial charge in [-0.15, -0.1) is 11.8 Å². The van der Waals surface area contributed by atoms with Gasteiger partial charge in [0.15, 0.2) is 0 Å². The number of hydrogen-bond acceptors (Lipinski definition) is 3. The van der Waals surface area contributed by atoms with E-state index in [0.717, 1.165) is 0 Å². The second-order valence-corrected chi connectivity index (χ2v) is 4.11. The molecule has 3 heteroatoms. The van der Waals surface area contributed by atoms with Crippen LogP contribution < -0.4 is 5.73 Å². The maximum absolute atomic E-state index is 9.24. The Morgan fingerprint density at radius 1 is 1.54 bits per heavy atom. The molecule has 0 fully saturated rings. The minimum Gasteiger partial charge on any atom is -0.391 e. The summed E-state index contributed by atoms with van der Waals surface area (Å²) in [6.45, 7) is 2.39. The third-order valence-corrected chi connectivity index (χ3v) is 2.84. The highest BCUT2D eigenvalue weighted by molar-refractivity contribution is 7.99. The van der Waals surface area contributed by atoms with Crippen molar-refractivity contribution in [2.24, 2.45) is 5.73 Å². The van der Waals surface area contributed by atoms with Gasteiger partial charge in [0, 0.05) is 17.2 Å². The van der Waals surface area contributed by atoms with Crippen LogP contribution in [-0.2, 0) is 0 Å². The van der Waals surface area contributed by atoms with Crippen LogP contribution in [0.25, 0.3) is 0 Å². The average Bonchev–Trinajstić information content (AvgIpc) is 2.14. The lowest BCUT2D eigenvalue weighted by Gasteiger charge is -2.06. The third-order valence-electron chi connectivity index (χ3n) is 1.70. The zero-order valence-corrected chi connectivity index (χ0v) is 8.55. The van der Waals surface area contributed by atoms with Crippen molar-refractivity contribution < 1.29 is 5.11 Å². The Labute approximate surface area is 83.1 Å². The molecule has 0 aliphatic carbocycles. The summed E-state index contributed by atoms with van der Waals surface area (Å²) in [6, 6.07) is 8.23. The molecule has 0 amide bonds. The summed E-state index contributed by atoms with van der Waals surface area (Å²) >= 11 is 1.64. The molecule has 2 nitrogen and oxygen atoms in total. The molecule has 1 aromatic carbocycles. The lowest BCUT2D eigenvalue weighted by Crippen LogP contribution is -2.21. The first-order chi connectivity index (χ1) is 6.22. The lowest BCUT2D eigenvalue weighted by molar-refractivity contribution is 0.208. The highest BCUT2D eigenvalue weighted by Gasteiger charge is 2.01. The molecule has 3 N–H and O–H groups in total. The molecule has 0 bridgehead atoms. The quantitative estimate of drug-likeness (QED) is 0.717. The van der Waals surface area contributed by atoms with Crippen molar-refractivity contribution in [2.75, 3.05) is 12.3 Å². The highest BCUT2D eigenvalue weighted by atomic mass is 32.2. The third kappa shape index (κ3) is 3.81. The van der Waals surface area contributed by atoms with Gasteiger partial charge in [-0.25, -0.2) is 0 Å². The molecule has 0 aromatic heterocycles. The fourth-order valence-electron chi connectivity index (χ4n) is 0.966. The van der Waals surface area contributed by atoms with Crippen LogP contribution in [0, 0.1) is 6.92 Å². The van der Waals surface area contributed by atoms with Crippen LogP contribution in [-0.4, -0.2) is 23.5 Å². The molecule has 0 aliphatic rings. The number of thioether (sulfide) groups is 1. The SMILES string of the molecule is Cc1cccc(SCC(O)CN)c1. The van der Waals surface area contributed by atoms with E-state index < -0.39 is 6.10 Å². The normalized spacial score (nSPS) is 12.8. The molecule has 0 saturated carbocycles. The second kappa shape index (κ2) is 5.27. The Balaban J connectivity index is 2.45. The summed E-state index contributed by atoms with van der Waals surface area (Å²) in [5, 5.41) is 9.24. The predicted octanol–water partition coefficient (Wildman–Crippen LogP) is 1.41. The Morgan fingerprint density at radius 3 is 2.92 bits per heavy atom. The summed E-state index contributed by atoms with van der Waals surface area (Å²) in [5.74, 6) is 0.667. The van der Waals surface area contributed by atoms with Crippen molar-refractivity contribution in [2.45, 2.75) is 17.9 Å². The van der Waals surface area contributed by atoms with Crippen LogP contribution in [0.15, 0.2) is 29.2 Å². The molecular formula is C10H15NOS. The number of aryl methyl sites for hydroxylation is 1. The summed E-state index contributed by atoms with van der Waals surface area (Å²) in [5.41, 5.74) is 6.55. The Kier molecular flexibility index (Phi) is 4.28. The topological polar surface area (TPSA) is 46.2 Å². The first kappa shape index (κ1) is 10.6. The first-order valence-electron chi connectivity index (χ1n) is 4.30. The molecule has 72 valence electrons. The van der Waals surface area contributed by atoms with Gasteiger partial charge in [-0.05, 0) is 19.1 Å². The number of rotatable bonds is 4. The fourth-order valence-corrected chi connectivity index (χ4v) is 1.93. The highest BCUT2D eigenvalue weighted by Crippen LogP contribution is 2.19. The summed E-state index contributed by atoms with van der Waals surface area (Å²) in [7, 11) is 0. The number of aliphatic hydroxyl groups is 1. The van der Waals surface area contributed by atoms with Crippen LogP contribution in [0.3, 0.4) is 0 Å². The first-order valence-corrected chi connectivity index (χ1v) is 5.28. The van der Waals surface area contributed by atoms with Crippen LogP contribution in [0.5, 0.6) is 0 Å². The van der Waals surface area contributed by atoms with Crippen LogP contribution >= 0.6 is 11.8 Å². The molecule has 0 heterocycles. The van der Waals surface area contributed by atoms with Gasteiger partial charge in [0.05, 0.1) is 6.10 Å². The number of aliphatic hydroxyl groups excluding tert-OH is 1. The van der Waals surface area contributed by atoms with Crippen molar-refractivity contribution in [3.63, 3.8) is 0 Å². The fraction of sp³-hybridized carbons (Fsp3) is 0.400. The maximum atomic E-state index is 9.24. The molecule has 0 aliphatic heterocycles. The van der Waals surface area contributed by atoms with Crippen molar-refractivity contribution in [3.05, 3.63) is 29.8 Å². The van der Waals surface area contributed by atoms with E-state index in [-0.39, 0.29) is 0 Å². The van der Waals surface area contributed by atoms with E-state index in [1.807, 2.05) is 12.1 Å². The molecular weight excluding hydrogens is 182 g/mol. The van der Waals surface area contributed by atoms with E-state index in [1.165, 1.54) is 10.5 Å². The van der Waals surface area contributed by atoms with Crippen LogP contribution in [0.2, 0.25) is 0 Å². The average molecular weight is 197 g/mol. The van der Waals surface area contributed by atoms with Crippen LogP contribution in [0.4, 0.5) is 0 Å². The van der Waals surface area contributed by atoms with Gasteiger partial charge in [0.1, 0.15) is 0 Å². The minimum absolute atomic E-state index is 0.332. The second-order valence-electron chi connectivity index (χ2n) is 3.02. The van der Waals surface area contributed by atoms with E-state index in [0.29, 0.717) is 12.3 Å². The molecule has 1 atom stereocenters. The molecule has 1 rings (SSSR count). The van der Waals surface area contributed by atoms with Crippen molar-refractivity contribution >= 4 is 11.8 Å². The van der Waals surface area contributed by atoms with Crippen LogP contribution in [0.1, 0.15) is 5.56 Å². The van der Waals surface area contributed by atoms with Gasteiger partial charge in [-0.3, -0.25) is 0 Å². The predicted molar refractivity (Wildman–Crippen MR) is 57.0 cm³/mol. The van der Waals surface area contributed by atoms with Gasteiger partial charge < -0.3 is 10.8 Å². The van der Waals surface area contributed by atoms with E-state index >= 15 is 0 Å². The Hall–Kier alpha value is -0.510. The molecule has 0 spiro atoms. The Morgan fingerprint density at radius 2 is 2.31 bits per heavy atom.